The van der Waals surface area contributed by atoms with Crippen molar-refractivity contribution < 1.29 is 19.2 Å². The van der Waals surface area contributed by atoms with Crippen molar-refractivity contribution in [1.82, 2.24) is 0 Å². The summed E-state index contributed by atoms with van der Waals surface area (Å²) in [5.74, 6) is -2.56. The highest BCUT2D eigenvalue weighted by Gasteiger charge is 2.36. The van der Waals surface area contributed by atoms with E-state index >= 15 is 0 Å². The van der Waals surface area contributed by atoms with E-state index in [2.05, 4.69) is 0 Å². The van der Waals surface area contributed by atoms with Crippen molar-refractivity contribution in [3.8, 4) is 11.8 Å². The number of carbonyl (C=O) groups excluding carboxylic acids is 1. The molecule has 0 aliphatic carbocycles. The predicted molar refractivity (Wildman–Crippen MR) is 73.3 cm³/mol. The number of nitro groups is 1. The van der Waals surface area contributed by atoms with Crippen LogP contribution in [0.3, 0.4) is 0 Å². The van der Waals surface area contributed by atoms with Crippen LogP contribution < -0.4 is 4.74 Å². The van der Waals surface area contributed by atoms with Crippen LogP contribution in [0.5, 0.6) is 5.75 Å². The predicted octanol–water partition coefficient (Wildman–Crippen LogP) is 1.76. The molecule has 0 aliphatic heterocycles. The summed E-state index contributed by atoms with van der Waals surface area (Å²) >= 11 is 0. The first-order chi connectivity index (χ1) is 10.0. The van der Waals surface area contributed by atoms with Crippen LogP contribution in [-0.4, -0.2) is 31.2 Å². The first-order valence-electron chi connectivity index (χ1n) is 6.36. The topological polar surface area (TPSA) is 102 Å². The summed E-state index contributed by atoms with van der Waals surface area (Å²) in [5.41, 5.74) is 0.441. The maximum absolute atomic E-state index is 11.9. The van der Waals surface area contributed by atoms with E-state index < -0.39 is 29.3 Å². The van der Waals surface area contributed by atoms with Crippen LogP contribution in [0.15, 0.2) is 24.3 Å². The molecule has 112 valence electrons. The summed E-state index contributed by atoms with van der Waals surface area (Å²) < 4.78 is 9.99. The van der Waals surface area contributed by atoms with E-state index in [0.717, 1.165) is 0 Å². The Balaban J connectivity index is 3.24. The summed E-state index contributed by atoms with van der Waals surface area (Å²) in [7, 11) is 1.42. The number of nitriles is 1. The van der Waals surface area contributed by atoms with E-state index in [9.17, 15) is 20.2 Å². The third-order valence-corrected chi connectivity index (χ3v) is 2.97. The van der Waals surface area contributed by atoms with Gasteiger partial charge < -0.3 is 9.47 Å². The largest absolute Gasteiger partial charge is 0.496 e. The van der Waals surface area contributed by atoms with Crippen LogP contribution in [0.2, 0.25) is 0 Å². The van der Waals surface area contributed by atoms with Gasteiger partial charge in [-0.25, -0.2) is 0 Å². The molecule has 0 unspecified atom stereocenters. The van der Waals surface area contributed by atoms with Gasteiger partial charge in [0.25, 0.3) is 0 Å². The van der Waals surface area contributed by atoms with Crippen molar-refractivity contribution in [3.63, 3.8) is 0 Å². The summed E-state index contributed by atoms with van der Waals surface area (Å²) in [5, 5.41) is 20.1. The Kier molecular flexibility index (Phi) is 6.14. The molecule has 0 aromatic heterocycles. The Morgan fingerprint density at radius 2 is 2.14 bits per heavy atom. The molecule has 0 aliphatic rings. The Morgan fingerprint density at radius 3 is 2.67 bits per heavy atom. The maximum atomic E-state index is 11.9. The fourth-order valence-corrected chi connectivity index (χ4v) is 2.06. The second-order valence-corrected chi connectivity index (χ2v) is 4.22. The number of esters is 1. The molecule has 21 heavy (non-hydrogen) atoms. The van der Waals surface area contributed by atoms with Crippen LogP contribution >= 0.6 is 0 Å². The molecular weight excluding hydrogens is 276 g/mol. The fourth-order valence-electron chi connectivity index (χ4n) is 2.06. The molecule has 0 amide bonds. The van der Waals surface area contributed by atoms with Crippen molar-refractivity contribution >= 4 is 5.97 Å². The van der Waals surface area contributed by atoms with E-state index in [1.54, 1.807) is 31.2 Å². The average Bonchev–Trinajstić information content (AvgIpc) is 2.47. The third-order valence-electron chi connectivity index (χ3n) is 2.97. The van der Waals surface area contributed by atoms with Crippen LogP contribution in [0.4, 0.5) is 0 Å². The quantitative estimate of drug-likeness (QED) is 0.431. The second kappa shape index (κ2) is 7.85. The normalized spacial score (nSPS) is 12.8. The molecule has 7 heteroatoms. The number of benzene rings is 1. The zero-order chi connectivity index (χ0) is 15.8. The SMILES string of the molecule is CCOC(=O)[C@@H](C#N)[C@H](C[N+](=O)[O-])c1ccccc1OC. The van der Waals surface area contributed by atoms with Gasteiger partial charge >= 0.3 is 5.97 Å². The van der Waals surface area contributed by atoms with Gasteiger partial charge in [-0.3, -0.25) is 14.9 Å². The van der Waals surface area contributed by atoms with Crippen LogP contribution in [0, 0.1) is 27.4 Å². The monoisotopic (exact) mass is 292 g/mol. The molecule has 0 spiro atoms. The Morgan fingerprint density at radius 1 is 1.48 bits per heavy atom. The molecule has 0 fully saturated rings. The summed E-state index contributed by atoms with van der Waals surface area (Å²) in [6.45, 7) is 1.16. The highest BCUT2D eigenvalue weighted by Crippen LogP contribution is 2.32. The van der Waals surface area contributed by atoms with Crippen molar-refractivity contribution in [1.29, 1.82) is 5.26 Å². The molecule has 1 rings (SSSR count). The molecule has 2 atom stereocenters. The zero-order valence-electron chi connectivity index (χ0n) is 11.8. The molecule has 0 radical (unpaired) electrons. The number of para-hydroxylation sites is 1. The van der Waals surface area contributed by atoms with Crippen LogP contribution in [-0.2, 0) is 9.53 Å². The summed E-state index contributed by atoms with van der Waals surface area (Å²) in [4.78, 5) is 22.2. The minimum atomic E-state index is -1.26. The molecule has 0 N–H and O–H groups in total. The molecule has 7 nitrogen and oxygen atoms in total. The Bertz CT molecular complexity index is 553. The van der Waals surface area contributed by atoms with Crippen molar-refractivity contribution in [2.75, 3.05) is 20.3 Å². The lowest BCUT2D eigenvalue weighted by Crippen LogP contribution is -2.28. The standard InChI is InChI=1S/C14H16N2O5/c1-3-21-14(17)11(8-15)12(9-16(18)19)10-6-4-5-7-13(10)20-2/h4-7,11-12H,3,9H2,1-2H3/t11-,12+/m0/s1. The maximum Gasteiger partial charge on any atom is 0.324 e. The number of rotatable bonds is 7. The van der Waals surface area contributed by atoms with Crippen molar-refractivity contribution in [2.24, 2.45) is 5.92 Å². The van der Waals surface area contributed by atoms with E-state index in [1.165, 1.54) is 7.11 Å². The fraction of sp³-hybridized carbons (Fsp3) is 0.429. The van der Waals surface area contributed by atoms with E-state index in [-0.39, 0.29) is 6.61 Å². The van der Waals surface area contributed by atoms with Gasteiger partial charge in [0.05, 0.1) is 25.7 Å². The smallest absolute Gasteiger partial charge is 0.324 e. The highest BCUT2D eigenvalue weighted by molar-refractivity contribution is 5.76. The Labute approximate surface area is 122 Å². The summed E-state index contributed by atoms with van der Waals surface area (Å²) in [6.07, 6.45) is 0. The molecule has 0 saturated carbocycles. The first-order valence-corrected chi connectivity index (χ1v) is 6.36. The molecule has 0 heterocycles. The lowest BCUT2D eigenvalue weighted by Gasteiger charge is -2.19. The number of hydrogen-bond acceptors (Lipinski definition) is 6. The highest BCUT2D eigenvalue weighted by atomic mass is 16.6. The lowest BCUT2D eigenvalue weighted by molar-refractivity contribution is -0.484. The zero-order valence-corrected chi connectivity index (χ0v) is 11.8. The van der Waals surface area contributed by atoms with E-state index in [4.69, 9.17) is 9.47 Å². The van der Waals surface area contributed by atoms with E-state index in [1.807, 2.05) is 6.07 Å². The van der Waals surface area contributed by atoms with Crippen LogP contribution in [0.25, 0.3) is 0 Å². The number of ether oxygens (including phenoxy) is 2. The van der Waals surface area contributed by atoms with Gasteiger partial charge in [0.15, 0.2) is 5.92 Å². The average molecular weight is 292 g/mol. The minimum Gasteiger partial charge on any atom is -0.496 e. The number of nitrogens with zero attached hydrogens (tertiary/aromatic N) is 2. The van der Waals surface area contributed by atoms with Gasteiger partial charge in [-0.2, -0.15) is 5.26 Å². The van der Waals surface area contributed by atoms with Gasteiger partial charge in [0, 0.05) is 10.5 Å². The van der Waals surface area contributed by atoms with Crippen molar-refractivity contribution in [3.05, 3.63) is 39.9 Å². The molecule has 0 bridgehead atoms. The van der Waals surface area contributed by atoms with Gasteiger partial charge in [-0.05, 0) is 13.0 Å². The summed E-state index contributed by atoms with van der Waals surface area (Å²) in [6, 6.07) is 8.42. The molecular formula is C14H16N2O5. The van der Waals surface area contributed by atoms with Crippen LogP contribution in [0.1, 0.15) is 18.4 Å². The van der Waals surface area contributed by atoms with E-state index in [0.29, 0.717) is 11.3 Å². The number of carbonyl (C=O) groups is 1. The third kappa shape index (κ3) is 4.18. The molecule has 1 aromatic carbocycles. The second-order valence-electron chi connectivity index (χ2n) is 4.22. The molecule has 1 aromatic rings. The lowest BCUT2D eigenvalue weighted by atomic mass is 9.86. The molecule has 0 saturated heterocycles. The number of methoxy groups -OCH3 is 1. The first kappa shape index (κ1) is 16.4. The van der Waals surface area contributed by atoms with Gasteiger partial charge in [0.1, 0.15) is 5.75 Å². The Hall–Kier alpha value is -2.62. The minimum absolute atomic E-state index is 0.105. The number of hydrogen-bond donors (Lipinski definition) is 0. The van der Waals surface area contributed by atoms with Gasteiger partial charge in [0.2, 0.25) is 6.54 Å². The van der Waals surface area contributed by atoms with Gasteiger partial charge in [-0.15, -0.1) is 0 Å². The van der Waals surface area contributed by atoms with Crippen molar-refractivity contribution in [2.45, 2.75) is 12.8 Å². The van der Waals surface area contributed by atoms with Gasteiger partial charge in [-0.1, -0.05) is 18.2 Å².